The van der Waals surface area contributed by atoms with Crippen molar-refractivity contribution in [3.63, 3.8) is 0 Å². The fourth-order valence-electron chi connectivity index (χ4n) is 8.71. The average molecular weight is 1190 g/mol. The highest BCUT2D eigenvalue weighted by Gasteiger charge is 2.49. The second-order valence-corrected chi connectivity index (χ2v) is 18.9. The number of carbonyl (C=O) groups excluding carboxylic acids is 7. The lowest BCUT2D eigenvalue weighted by molar-refractivity contribution is -0.301. The highest BCUT2D eigenvalue weighted by atomic mass is 16.7. The molecule has 3 heterocycles. The zero-order valence-corrected chi connectivity index (χ0v) is 45.2. The zero-order valence-electron chi connectivity index (χ0n) is 45.2. The van der Waals surface area contributed by atoms with E-state index in [-0.39, 0.29) is 149 Å². The van der Waals surface area contributed by atoms with Gasteiger partial charge in [0.05, 0.1) is 72.7 Å². The monoisotopic (exact) mass is 1190 g/mol. The van der Waals surface area contributed by atoms with Crippen LogP contribution in [-0.4, -0.2) is 285 Å². The standard InChI is InChI=1S/C47H83N7O28/c48-10-6-32(62)53-47(7-3-26(59)2-1-13-71-16-19-75-43-38(67)40(81-45(49)69)35(64)28(23-56)79-43,8-4-30(60)51-11-14-72-17-20-74-42-37(66)33(54-77-25-58)34(63)27(22-55)78-42)9-5-31(61)52-12-15-73-18-21-76-44-39(68)41(82-46(50)70)36(65)29(24-57)80-44/h25,27-29,33-44,54-57,63-68H,1-24,48H2,(H2,49,69)(H2,50,70)(H,51,60)(H,52,61)(H,53,62)/t27-,28-,29-,33+,34-,35-,36-,37+,38+,39+,40+,41+,42+,43+,44+,47?/m1/s1. The summed E-state index contributed by atoms with van der Waals surface area (Å²) in [5.41, 5.74) is 16.6. The maximum absolute atomic E-state index is 13.3. The minimum atomic E-state index is -1.67. The molecule has 3 saturated heterocycles. The maximum Gasteiger partial charge on any atom is 0.404 e. The van der Waals surface area contributed by atoms with Gasteiger partial charge in [0.2, 0.25) is 17.7 Å². The number of hydroxylamine groups is 1. The van der Waals surface area contributed by atoms with Crippen molar-refractivity contribution in [2.24, 2.45) is 17.2 Å². The van der Waals surface area contributed by atoms with Gasteiger partial charge in [-0.1, -0.05) is 0 Å². The van der Waals surface area contributed by atoms with E-state index in [2.05, 4.69) is 26.3 Å². The molecule has 3 aliphatic rings. The number of rotatable bonds is 42. The molecule has 0 spiro atoms. The normalized spacial score (nSPS) is 28.9. The van der Waals surface area contributed by atoms with Crippen LogP contribution in [0.1, 0.15) is 57.8 Å². The number of hydrogen-bond acceptors (Lipinski definition) is 30. The van der Waals surface area contributed by atoms with E-state index < -0.39 is 147 Å². The highest BCUT2D eigenvalue weighted by molar-refractivity contribution is 5.80. The number of Topliss-reactive ketones (excluding diaryl/α,β-unsaturated/α-hetero) is 1. The summed E-state index contributed by atoms with van der Waals surface area (Å²) in [4.78, 5) is 90.6. The first-order chi connectivity index (χ1) is 39.2. The summed E-state index contributed by atoms with van der Waals surface area (Å²) in [7, 11) is 0. The third-order valence-electron chi connectivity index (χ3n) is 13.0. The number of hydrogen-bond donors (Lipinski definition) is 16. The zero-order chi connectivity index (χ0) is 60.6. The first-order valence-electron chi connectivity index (χ1n) is 26.5. The van der Waals surface area contributed by atoms with Crippen molar-refractivity contribution in [3.8, 4) is 0 Å². The number of ether oxygens (including phenoxy) is 11. The van der Waals surface area contributed by atoms with Crippen molar-refractivity contribution in [1.29, 1.82) is 0 Å². The van der Waals surface area contributed by atoms with Gasteiger partial charge in [-0.2, -0.15) is 0 Å². The molecule has 474 valence electrons. The lowest BCUT2D eigenvalue weighted by atomic mass is 9.82. The predicted octanol–water partition coefficient (Wildman–Crippen LogP) is -8.50. The molecule has 0 aromatic heterocycles. The summed E-state index contributed by atoms with van der Waals surface area (Å²) in [6.45, 7) is -2.64. The Morgan fingerprint density at radius 2 is 0.939 bits per heavy atom. The van der Waals surface area contributed by atoms with Crippen LogP contribution in [0.5, 0.6) is 0 Å². The summed E-state index contributed by atoms with van der Waals surface area (Å²) >= 11 is 0. The Morgan fingerprint density at radius 1 is 0.512 bits per heavy atom. The molecule has 0 aromatic rings. The molecule has 82 heavy (non-hydrogen) atoms. The molecule has 16 atom stereocenters. The van der Waals surface area contributed by atoms with Crippen molar-refractivity contribution in [1.82, 2.24) is 21.4 Å². The number of aliphatic hydroxyl groups is 9. The summed E-state index contributed by atoms with van der Waals surface area (Å²) in [6, 6.07) is -1.25. The Balaban J connectivity index is 1.54. The third kappa shape index (κ3) is 24.9. The van der Waals surface area contributed by atoms with Crippen LogP contribution < -0.4 is 38.6 Å². The van der Waals surface area contributed by atoms with E-state index in [0.717, 1.165) is 0 Å². The smallest absolute Gasteiger partial charge is 0.404 e. The average Bonchev–Trinajstić information content (AvgIpc) is 3.61. The van der Waals surface area contributed by atoms with Gasteiger partial charge >= 0.3 is 18.7 Å². The van der Waals surface area contributed by atoms with Crippen molar-refractivity contribution >= 4 is 42.2 Å². The van der Waals surface area contributed by atoms with Crippen molar-refractivity contribution in [2.45, 2.75) is 155 Å². The molecule has 0 aliphatic carbocycles. The summed E-state index contributed by atoms with van der Waals surface area (Å²) in [5, 5.41) is 99.4. The van der Waals surface area contributed by atoms with Crippen LogP contribution in [0.2, 0.25) is 0 Å². The van der Waals surface area contributed by atoms with Gasteiger partial charge in [0.25, 0.3) is 0 Å². The van der Waals surface area contributed by atoms with E-state index in [9.17, 15) is 79.5 Å². The molecular weight excluding hydrogens is 1110 g/mol. The van der Waals surface area contributed by atoms with Crippen LogP contribution in [0.15, 0.2) is 0 Å². The maximum atomic E-state index is 13.3. The number of nitrogens with two attached hydrogens (primary N) is 3. The fraction of sp³-hybridized carbons (Fsp3) is 0.851. The Morgan fingerprint density at radius 3 is 1.37 bits per heavy atom. The van der Waals surface area contributed by atoms with E-state index in [1.165, 1.54) is 0 Å². The fourth-order valence-corrected chi connectivity index (χ4v) is 8.71. The molecule has 0 bridgehead atoms. The summed E-state index contributed by atoms with van der Waals surface area (Å²) < 4.78 is 58.7. The third-order valence-corrected chi connectivity index (χ3v) is 13.0. The van der Waals surface area contributed by atoms with E-state index in [0.29, 0.717) is 0 Å². The van der Waals surface area contributed by atoms with Crippen LogP contribution in [-0.2, 0) is 80.9 Å². The molecule has 5 amide bonds. The predicted molar refractivity (Wildman–Crippen MR) is 269 cm³/mol. The minimum absolute atomic E-state index is 0.00198. The molecular formula is C47H83N7O28. The molecule has 3 aliphatic heterocycles. The van der Waals surface area contributed by atoms with Gasteiger partial charge in [-0.25, -0.2) is 9.59 Å². The first kappa shape index (κ1) is 71.6. The number of aliphatic hydroxyl groups excluding tert-OH is 9. The van der Waals surface area contributed by atoms with Gasteiger partial charge in [0.15, 0.2) is 31.1 Å². The lowest BCUT2D eigenvalue weighted by Crippen LogP contribution is -2.64. The number of primary amides is 2. The van der Waals surface area contributed by atoms with E-state index >= 15 is 0 Å². The largest absolute Gasteiger partial charge is 0.441 e. The van der Waals surface area contributed by atoms with Crippen LogP contribution in [0, 0.1) is 0 Å². The van der Waals surface area contributed by atoms with E-state index in [4.69, 9.17) is 69.3 Å². The van der Waals surface area contributed by atoms with Gasteiger partial charge in [-0.3, -0.25) is 24.0 Å². The van der Waals surface area contributed by atoms with Gasteiger partial charge in [-0.05, 0) is 25.7 Å². The van der Waals surface area contributed by atoms with Crippen molar-refractivity contribution < 1.29 is 136 Å². The summed E-state index contributed by atoms with van der Waals surface area (Å²) in [6.07, 6.45) is -23.5. The Kier molecular flexibility index (Phi) is 34.0. The second-order valence-electron chi connectivity index (χ2n) is 18.9. The van der Waals surface area contributed by atoms with Gasteiger partial charge in [0.1, 0.15) is 66.8 Å². The molecule has 0 saturated carbocycles. The molecule has 35 heteroatoms. The molecule has 0 aromatic carbocycles. The Bertz CT molecular complexity index is 1820. The second kappa shape index (κ2) is 39.0. The number of amides is 5. The molecule has 0 radical (unpaired) electrons. The molecule has 3 rings (SSSR count). The van der Waals surface area contributed by atoms with Crippen LogP contribution in [0.25, 0.3) is 0 Å². The van der Waals surface area contributed by atoms with Gasteiger partial charge < -0.3 is 136 Å². The number of carbonyl (C=O) groups is 7. The van der Waals surface area contributed by atoms with Crippen molar-refractivity contribution in [2.75, 3.05) is 98.9 Å². The quantitative estimate of drug-likeness (QED) is 0.0117. The number of nitrogens with one attached hydrogen (secondary N) is 4. The van der Waals surface area contributed by atoms with Crippen LogP contribution in [0.3, 0.4) is 0 Å². The minimum Gasteiger partial charge on any atom is -0.441 e. The highest BCUT2D eigenvalue weighted by Crippen LogP contribution is 2.29. The van der Waals surface area contributed by atoms with E-state index in [1.807, 2.05) is 0 Å². The summed E-state index contributed by atoms with van der Waals surface area (Å²) in [5.74, 6) is -1.68. The SMILES string of the molecule is NCCC(=O)NC(CCC(=O)CCCOCCO[C@H]1O[C@H](CO)[C@@H](O)[C@H](OC(N)=O)[C@@H]1O)(CCC(=O)NCCOCCO[C@H]1O[C@H](CO)[C@@H](O)[C@H](NOC=O)[C@@H]1O)CCC(=O)NCCOCCO[C@H]1O[C@H](CO)[C@@H](O)[C@H](OC(N)=O)[C@@H]1O. The Labute approximate surface area is 470 Å². The van der Waals surface area contributed by atoms with Crippen LogP contribution >= 0.6 is 0 Å². The first-order valence-corrected chi connectivity index (χ1v) is 26.5. The Hall–Kier alpha value is -4.71. The van der Waals surface area contributed by atoms with E-state index in [1.54, 1.807) is 0 Å². The molecule has 35 nitrogen and oxygen atoms in total. The molecule has 19 N–H and O–H groups in total. The molecule has 3 fully saturated rings. The molecule has 1 unspecified atom stereocenters. The number of ketones is 1. The van der Waals surface area contributed by atoms with Gasteiger partial charge in [0, 0.05) is 63.9 Å². The lowest BCUT2D eigenvalue weighted by Gasteiger charge is -2.41. The van der Waals surface area contributed by atoms with Crippen molar-refractivity contribution in [3.05, 3.63) is 0 Å². The van der Waals surface area contributed by atoms with Crippen LogP contribution in [0.4, 0.5) is 9.59 Å². The van der Waals surface area contributed by atoms with Gasteiger partial charge in [-0.15, -0.1) is 5.48 Å². The topological polar surface area (TPSA) is 539 Å².